The minimum absolute atomic E-state index is 0.341. The summed E-state index contributed by atoms with van der Waals surface area (Å²) in [6.45, 7) is 1.56. The van der Waals surface area contributed by atoms with Gasteiger partial charge in [0, 0.05) is 5.57 Å². The van der Waals surface area contributed by atoms with Crippen molar-refractivity contribution in [1.29, 1.82) is 0 Å². The first-order valence-corrected chi connectivity index (χ1v) is 3.88. The van der Waals surface area contributed by atoms with Gasteiger partial charge in [0.1, 0.15) is 0 Å². The fraction of sp³-hybridized carbons (Fsp3) is 0.100. The Balaban J connectivity index is 2.83. The van der Waals surface area contributed by atoms with Gasteiger partial charge in [0.15, 0.2) is 0 Å². The van der Waals surface area contributed by atoms with Crippen molar-refractivity contribution in [2.24, 2.45) is 0 Å². The Kier molecular flexibility index (Phi) is 3.20. The van der Waals surface area contributed by atoms with Crippen molar-refractivity contribution in [3.8, 4) is 0 Å². The van der Waals surface area contributed by atoms with Crippen molar-refractivity contribution in [2.75, 3.05) is 0 Å². The van der Waals surface area contributed by atoms with E-state index in [4.69, 9.17) is 0 Å². The number of nitrogens with one attached hydrogen (secondary N) is 1. The molecule has 0 aliphatic rings. The molecular formula is C10H10FNO. The van der Waals surface area contributed by atoms with Gasteiger partial charge in [0.2, 0.25) is 0 Å². The highest BCUT2D eigenvalue weighted by Gasteiger charge is 2.01. The third-order valence-corrected chi connectivity index (χ3v) is 1.63. The van der Waals surface area contributed by atoms with Crippen molar-refractivity contribution in [1.82, 2.24) is 5.54 Å². The summed E-state index contributed by atoms with van der Waals surface area (Å²) in [7, 11) is 0. The van der Waals surface area contributed by atoms with Gasteiger partial charge in [-0.05, 0) is 18.6 Å². The van der Waals surface area contributed by atoms with E-state index in [1.54, 1.807) is 13.0 Å². The van der Waals surface area contributed by atoms with Crippen molar-refractivity contribution < 1.29 is 9.28 Å². The van der Waals surface area contributed by atoms with Crippen molar-refractivity contribution >= 4 is 12.0 Å². The van der Waals surface area contributed by atoms with Crippen LogP contribution in [0.1, 0.15) is 12.5 Å². The standard InChI is InChI=1S/C10H10FNO/c1-8(10(13)12-11)7-9-5-3-2-4-6-9/h2-7H,1H3,(H,12,13)/b8-7+. The summed E-state index contributed by atoms with van der Waals surface area (Å²) in [6.07, 6.45) is 1.62. The van der Waals surface area contributed by atoms with Gasteiger partial charge in [-0.15, -0.1) is 0 Å². The average Bonchev–Trinajstić information content (AvgIpc) is 2.18. The van der Waals surface area contributed by atoms with Crippen LogP contribution in [-0.4, -0.2) is 5.91 Å². The first kappa shape index (κ1) is 9.45. The number of halogens is 1. The molecule has 0 spiro atoms. The molecule has 1 N–H and O–H groups in total. The van der Waals surface area contributed by atoms with Gasteiger partial charge in [-0.25, -0.2) is 0 Å². The third kappa shape index (κ3) is 2.71. The molecular weight excluding hydrogens is 169 g/mol. The molecule has 0 radical (unpaired) electrons. The molecule has 0 unspecified atom stereocenters. The molecule has 0 aromatic heterocycles. The molecule has 0 aliphatic carbocycles. The van der Waals surface area contributed by atoms with E-state index in [1.165, 1.54) is 0 Å². The molecule has 0 heterocycles. The van der Waals surface area contributed by atoms with Gasteiger partial charge >= 0.3 is 0 Å². The fourth-order valence-corrected chi connectivity index (χ4v) is 0.939. The maximum absolute atomic E-state index is 11.7. The molecule has 0 saturated carbocycles. The normalized spacial score (nSPS) is 11.1. The topological polar surface area (TPSA) is 29.1 Å². The van der Waals surface area contributed by atoms with Crippen molar-refractivity contribution in [3.63, 3.8) is 0 Å². The monoisotopic (exact) mass is 179 g/mol. The van der Waals surface area contributed by atoms with Crippen molar-refractivity contribution in [3.05, 3.63) is 41.5 Å². The molecule has 3 heteroatoms. The maximum atomic E-state index is 11.7. The third-order valence-electron chi connectivity index (χ3n) is 1.63. The predicted octanol–water partition coefficient (Wildman–Crippen LogP) is 2.09. The zero-order valence-electron chi connectivity index (χ0n) is 7.25. The maximum Gasteiger partial charge on any atom is 0.274 e. The molecule has 0 saturated heterocycles. The minimum atomic E-state index is -0.705. The SMILES string of the molecule is C/C(=C\c1ccccc1)C(=O)NF. The van der Waals surface area contributed by atoms with Gasteiger partial charge in [0.25, 0.3) is 5.91 Å². The largest absolute Gasteiger partial charge is 0.274 e. The Morgan fingerprint density at radius 3 is 2.54 bits per heavy atom. The Morgan fingerprint density at radius 2 is 2.00 bits per heavy atom. The van der Waals surface area contributed by atoms with Gasteiger partial charge in [-0.2, -0.15) is 5.54 Å². The number of carbonyl (C=O) groups is 1. The number of hydrogen-bond donors (Lipinski definition) is 1. The second kappa shape index (κ2) is 4.40. The van der Waals surface area contributed by atoms with E-state index in [0.717, 1.165) is 11.1 Å². The van der Waals surface area contributed by atoms with Crippen LogP contribution in [0.4, 0.5) is 4.48 Å². The van der Waals surface area contributed by atoms with Gasteiger partial charge in [0.05, 0.1) is 0 Å². The molecule has 2 nitrogen and oxygen atoms in total. The first-order valence-electron chi connectivity index (χ1n) is 3.88. The quantitative estimate of drug-likeness (QED) is 0.546. The average molecular weight is 179 g/mol. The van der Waals surface area contributed by atoms with E-state index in [9.17, 15) is 9.28 Å². The zero-order valence-corrected chi connectivity index (χ0v) is 7.25. The first-order chi connectivity index (χ1) is 6.24. The smallest absolute Gasteiger partial charge is 0.267 e. The van der Waals surface area contributed by atoms with E-state index in [1.807, 2.05) is 30.3 Å². The van der Waals surface area contributed by atoms with E-state index in [0.29, 0.717) is 5.57 Å². The lowest BCUT2D eigenvalue weighted by Gasteiger charge is -1.96. The van der Waals surface area contributed by atoms with E-state index >= 15 is 0 Å². The highest BCUT2D eigenvalue weighted by molar-refractivity contribution is 5.96. The van der Waals surface area contributed by atoms with E-state index < -0.39 is 5.91 Å². The van der Waals surface area contributed by atoms with Crippen LogP contribution in [0.25, 0.3) is 6.08 Å². The Bertz CT molecular complexity index is 319. The van der Waals surface area contributed by atoms with Crippen LogP contribution in [0.15, 0.2) is 35.9 Å². The highest BCUT2D eigenvalue weighted by atomic mass is 19.2. The van der Waals surface area contributed by atoms with Crippen LogP contribution in [-0.2, 0) is 4.79 Å². The summed E-state index contributed by atoms with van der Waals surface area (Å²) in [5, 5.41) is 0. The molecule has 0 aliphatic heterocycles. The molecule has 0 atom stereocenters. The lowest BCUT2D eigenvalue weighted by atomic mass is 10.1. The summed E-state index contributed by atoms with van der Waals surface area (Å²) in [5.41, 5.74) is 2.30. The van der Waals surface area contributed by atoms with Gasteiger partial charge < -0.3 is 0 Å². The molecule has 1 aromatic carbocycles. The summed E-state index contributed by atoms with van der Waals surface area (Å²) >= 11 is 0. The van der Waals surface area contributed by atoms with Crippen LogP contribution in [0.2, 0.25) is 0 Å². The summed E-state index contributed by atoms with van der Waals surface area (Å²) in [6, 6.07) is 9.27. The second-order valence-electron chi connectivity index (χ2n) is 2.66. The molecule has 0 bridgehead atoms. The second-order valence-corrected chi connectivity index (χ2v) is 2.66. The fourth-order valence-electron chi connectivity index (χ4n) is 0.939. The zero-order chi connectivity index (χ0) is 9.68. The van der Waals surface area contributed by atoms with Crippen molar-refractivity contribution in [2.45, 2.75) is 6.92 Å². The van der Waals surface area contributed by atoms with Crippen LogP contribution < -0.4 is 5.54 Å². The Hall–Kier alpha value is -1.64. The number of rotatable bonds is 2. The number of amides is 1. The van der Waals surface area contributed by atoms with Crippen LogP contribution in [0.3, 0.4) is 0 Å². The molecule has 68 valence electrons. The summed E-state index contributed by atoms with van der Waals surface area (Å²) < 4.78 is 11.7. The lowest BCUT2D eigenvalue weighted by molar-refractivity contribution is -0.121. The number of hydrogen-bond acceptors (Lipinski definition) is 1. The molecule has 1 amide bonds. The minimum Gasteiger partial charge on any atom is -0.267 e. The Labute approximate surface area is 76.0 Å². The van der Waals surface area contributed by atoms with Crippen LogP contribution in [0.5, 0.6) is 0 Å². The molecule has 0 fully saturated rings. The van der Waals surface area contributed by atoms with Crippen LogP contribution >= 0.6 is 0 Å². The molecule has 13 heavy (non-hydrogen) atoms. The number of benzene rings is 1. The van der Waals surface area contributed by atoms with Gasteiger partial charge in [-0.1, -0.05) is 34.8 Å². The molecule has 1 rings (SSSR count). The van der Waals surface area contributed by atoms with E-state index in [-0.39, 0.29) is 0 Å². The summed E-state index contributed by atoms with van der Waals surface area (Å²) in [5.74, 6) is -0.705. The van der Waals surface area contributed by atoms with Crippen LogP contribution in [0, 0.1) is 0 Å². The summed E-state index contributed by atoms with van der Waals surface area (Å²) in [4.78, 5) is 10.8. The van der Waals surface area contributed by atoms with E-state index in [2.05, 4.69) is 0 Å². The molecule has 1 aromatic rings. The lowest BCUT2D eigenvalue weighted by Crippen LogP contribution is -2.13. The Morgan fingerprint density at radius 1 is 1.38 bits per heavy atom. The highest BCUT2D eigenvalue weighted by Crippen LogP contribution is 2.05. The predicted molar refractivity (Wildman–Crippen MR) is 49.3 cm³/mol. The number of carbonyl (C=O) groups excluding carboxylic acids is 1. The van der Waals surface area contributed by atoms with Gasteiger partial charge in [-0.3, -0.25) is 4.79 Å².